The third-order valence-corrected chi connectivity index (χ3v) is 6.57. The van der Waals surface area contributed by atoms with Crippen LogP contribution < -0.4 is 4.90 Å². The summed E-state index contributed by atoms with van der Waals surface area (Å²) in [5.74, 6) is 0. The van der Waals surface area contributed by atoms with Gasteiger partial charge in [-0.2, -0.15) is 39.5 Å². The van der Waals surface area contributed by atoms with Gasteiger partial charge in [0.15, 0.2) is 0 Å². The molecule has 0 N–H and O–H groups in total. The Morgan fingerprint density at radius 3 is 1.89 bits per heavy atom. The number of amides is 2. The van der Waals surface area contributed by atoms with Crippen LogP contribution in [0.2, 0.25) is 0 Å². The topological polar surface area (TPSA) is 102 Å². The first-order valence-electron chi connectivity index (χ1n) is 12.6. The van der Waals surface area contributed by atoms with Crippen LogP contribution in [0.5, 0.6) is 0 Å². The van der Waals surface area contributed by atoms with Crippen molar-refractivity contribution in [2.45, 2.75) is 70.5 Å². The third-order valence-electron chi connectivity index (χ3n) is 6.57. The number of benzene rings is 2. The molecule has 18 heteroatoms. The van der Waals surface area contributed by atoms with Crippen molar-refractivity contribution in [3.05, 3.63) is 68.3 Å². The van der Waals surface area contributed by atoms with Crippen LogP contribution in [0.3, 0.4) is 0 Å². The van der Waals surface area contributed by atoms with E-state index < -0.39 is 106 Å². The Kier molecular flexibility index (Phi) is 9.36. The van der Waals surface area contributed by atoms with Crippen molar-refractivity contribution >= 4 is 23.6 Å². The van der Waals surface area contributed by atoms with Crippen molar-refractivity contribution in [2.24, 2.45) is 0 Å². The van der Waals surface area contributed by atoms with Crippen LogP contribution >= 0.6 is 0 Å². The maximum atomic E-state index is 13.9. The quantitative estimate of drug-likeness (QED) is 0.185. The molecule has 0 spiro atoms. The van der Waals surface area contributed by atoms with Gasteiger partial charge in [0.1, 0.15) is 5.69 Å². The van der Waals surface area contributed by atoms with Crippen molar-refractivity contribution in [1.29, 1.82) is 0 Å². The molecule has 1 aliphatic heterocycles. The lowest BCUT2D eigenvalue weighted by Crippen LogP contribution is -2.48. The number of nitro benzene ring substituents is 1. The first kappa shape index (κ1) is 34.2. The number of carbonyl (C=O) groups excluding carboxylic acids is 2. The largest absolute Gasteiger partial charge is 0.453 e. The van der Waals surface area contributed by atoms with Gasteiger partial charge in [0.25, 0.3) is 5.69 Å². The Hall–Kier alpha value is -4.25. The molecule has 2 amide bonds. The van der Waals surface area contributed by atoms with E-state index in [4.69, 9.17) is 4.74 Å². The fourth-order valence-electron chi connectivity index (χ4n) is 4.79. The van der Waals surface area contributed by atoms with E-state index in [0.717, 1.165) is 7.11 Å². The fourth-order valence-corrected chi connectivity index (χ4v) is 4.79. The Bertz CT molecular complexity index is 1410. The van der Waals surface area contributed by atoms with Gasteiger partial charge in [0, 0.05) is 24.2 Å². The first-order chi connectivity index (χ1) is 20.1. The van der Waals surface area contributed by atoms with Crippen molar-refractivity contribution in [3.63, 3.8) is 0 Å². The number of hydrogen-bond acceptors (Lipinski definition) is 6. The van der Waals surface area contributed by atoms with E-state index in [-0.39, 0.29) is 12.1 Å². The van der Waals surface area contributed by atoms with E-state index in [1.54, 1.807) is 0 Å². The number of rotatable bonds is 5. The summed E-state index contributed by atoms with van der Waals surface area (Å²) in [4.78, 5) is 38.0. The molecule has 2 aromatic rings. The molecule has 1 heterocycles. The summed E-state index contributed by atoms with van der Waals surface area (Å²) in [5, 5.41) is 12.0. The molecule has 0 saturated carbocycles. The van der Waals surface area contributed by atoms with Crippen LogP contribution in [0.1, 0.15) is 61.1 Å². The molecule has 2 atom stereocenters. The minimum Gasteiger partial charge on any atom is -0.453 e. The minimum atomic E-state index is -5.25. The van der Waals surface area contributed by atoms with Crippen LogP contribution in [0, 0.1) is 10.1 Å². The number of hydrogen-bond donors (Lipinski definition) is 0. The van der Waals surface area contributed by atoms with Gasteiger partial charge in [-0.3, -0.25) is 19.9 Å². The van der Waals surface area contributed by atoms with Gasteiger partial charge in [-0.25, -0.2) is 9.59 Å². The zero-order valence-corrected chi connectivity index (χ0v) is 23.2. The predicted molar refractivity (Wildman–Crippen MR) is 133 cm³/mol. The zero-order valence-electron chi connectivity index (χ0n) is 23.2. The molecule has 0 bridgehead atoms. The Balaban J connectivity index is 2.33. The smallest absolute Gasteiger partial charge is 0.416 e. The van der Waals surface area contributed by atoms with Gasteiger partial charge < -0.3 is 9.47 Å². The van der Waals surface area contributed by atoms with Crippen molar-refractivity contribution in [3.8, 4) is 0 Å². The highest BCUT2D eigenvalue weighted by Crippen LogP contribution is 2.49. The molecule has 0 radical (unpaired) electrons. The van der Waals surface area contributed by atoms with Gasteiger partial charge in [-0.15, -0.1) is 0 Å². The SMILES string of the molecule is COC(=O)N(Cc1cc(C(F)(F)F)cc(C(F)(F)F)c1)[C@H]1C[C@@H](C)N(C(=O)OC(C)C)c2c1cc(C(F)(F)F)cc2[N+](=O)[O-]. The lowest BCUT2D eigenvalue weighted by Gasteiger charge is -2.42. The molecule has 3 rings (SSSR count). The maximum Gasteiger partial charge on any atom is 0.416 e. The van der Waals surface area contributed by atoms with E-state index >= 15 is 0 Å². The molecule has 0 unspecified atom stereocenters. The van der Waals surface area contributed by atoms with Gasteiger partial charge in [0.2, 0.25) is 0 Å². The Morgan fingerprint density at radius 2 is 1.45 bits per heavy atom. The Morgan fingerprint density at radius 1 is 0.955 bits per heavy atom. The van der Waals surface area contributed by atoms with Gasteiger partial charge in [-0.1, -0.05) is 0 Å². The van der Waals surface area contributed by atoms with E-state index in [2.05, 4.69) is 4.74 Å². The normalized spacial score (nSPS) is 17.3. The zero-order chi connectivity index (χ0) is 33.5. The van der Waals surface area contributed by atoms with Crippen LogP contribution in [0.25, 0.3) is 0 Å². The second-order valence-corrected chi connectivity index (χ2v) is 10.1. The van der Waals surface area contributed by atoms with Crippen molar-refractivity contribution in [1.82, 2.24) is 4.90 Å². The molecule has 0 aliphatic carbocycles. The standard InChI is InChI=1S/C26H24F9N3O6/c1-12(2)44-23(40)37-13(3)5-19(18-9-17(26(33,34)35)10-20(21(18)37)38(41)42)36(22(39)43-4)11-14-6-15(24(27,28)29)8-16(7-14)25(30,31)32/h6-10,12-13,19H,5,11H2,1-4H3/t13-,19+/m1/s1. The summed E-state index contributed by atoms with van der Waals surface area (Å²) < 4.78 is 132. The number of nitrogens with zero attached hydrogens (tertiary/aromatic N) is 3. The maximum absolute atomic E-state index is 13.9. The van der Waals surface area contributed by atoms with E-state index in [9.17, 15) is 59.2 Å². The van der Waals surface area contributed by atoms with E-state index in [0.29, 0.717) is 28.0 Å². The molecular formula is C26H24F9N3O6. The van der Waals surface area contributed by atoms with Crippen molar-refractivity contribution < 1.29 is 63.5 Å². The Labute approximate surface area is 243 Å². The highest BCUT2D eigenvalue weighted by molar-refractivity contribution is 5.94. The summed E-state index contributed by atoms with van der Waals surface area (Å²) in [6.45, 7) is 3.11. The molecular weight excluding hydrogens is 621 g/mol. The number of methoxy groups -OCH3 is 1. The summed E-state index contributed by atoms with van der Waals surface area (Å²) >= 11 is 0. The molecule has 0 aromatic heterocycles. The average molecular weight is 645 g/mol. The van der Waals surface area contributed by atoms with Crippen molar-refractivity contribution in [2.75, 3.05) is 12.0 Å². The molecule has 0 saturated heterocycles. The molecule has 44 heavy (non-hydrogen) atoms. The summed E-state index contributed by atoms with van der Waals surface area (Å²) in [6.07, 6.45) is -19.5. The molecule has 242 valence electrons. The summed E-state index contributed by atoms with van der Waals surface area (Å²) in [6, 6.07) is -1.75. The molecule has 9 nitrogen and oxygen atoms in total. The monoisotopic (exact) mass is 645 g/mol. The molecule has 1 aliphatic rings. The first-order valence-corrected chi connectivity index (χ1v) is 12.6. The second kappa shape index (κ2) is 12.0. The number of fused-ring (bicyclic) bond motifs is 1. The number of halogens is 9. The number of carbonyl (C=O) groups is 2. The number of ether oxygens (including phenoxy) is 2. The van der Waals surface area contributed by atoms with E-state index in [1.807, 2.05) is 0 Å². The van der Waals surface area contributed by atoms with Crippen LogP contribution in [0.15, 0.2) is 30.3 Å². The van der Waals surface area contributed by atoms with Gasteiger partial charge >= 0.3 is 30.7 Å². The summed E-state index contributed by atoms with van der Waals surface area (Å²) in [5.41, 5.74) is -8.29. The minimum absolute atomic E-state index is 0.152. The van der Waals surface area contributed by atoms with Crippen LogP contribution in [0.4, 0.5) is 60.5 Å². The third kappa shape index (κ3) is 7.27. The second-order valence-electron chi connectivity index (χ2n) is 10.1. The highest BCUT2D eigenvalue weighted by Gasteiger charge is 2.46. The lowest BCUT2D eigenvalue weighted by molar-refractivity contribution is -0.384. The number of alkyl halides is 9. The van der Waals surface area contributed by atoms with Crippen LogP contribution in [-0.4, -0.2) is 41.3 Å². The van der Waals surface area contributed by atoms with Crippen LogP contribution in [-0.2, 0) is 34.5 Å². The lowest BCUT2D eigenvalue weighted by atomic mass is 9.88. The fraction of sp³-hybridized carbons (Fsp3) is 0.462. The summed E-state index contributed by atoms with van der Waals surface area (Å²) in [7, 11) is 0.802. The van der Waals surface area contributed by atoms with E-state index in [1.165, 1.54) is 20.8 Å². The predicted octanol–water partition coefficient (Wildman–Crippen LogP) is 8.10. The molecule has 2 aromatic carbocycles. The van der Waals surface area contributed by atoms with Gasteiger partial charge in [-0.05, 0) is 57.0 Å². The molecule has 0 fully saturated rings. The number of nitro groups is 1. The number of anilines is 1. The van der Waals surface area contributed by atoms with Gasteiger partial charge in [0.05, 0.1) is 40.9 Å². The highest BCUT2D eigenvalue weighted by atomic mass is 19.4. The average Bonchev–Trinajstić information content (AvgIpc) is 2.88.